The molecule has 1 aliphatic rings. The Balaban J connectivity index is 1.89. The quantitative estimate of drug-likeness (QED) is 0.677. The average Bonchev–Trinajstić information content (AvgIpc) is 3.33. The Morgan fingerprint density at radius 3 is 2.64 bits per heavy atom. The Bertz CT molecular complexity index is 513. The maximum atomic E-state index is 12.5. The number of methoxy groups -OCH3 is 2. The van der Waals surface area contributed by atoms with Crippen molar-refractivity contribution in [3.05, 3.63) is 29.3 Å². The number of aryl methyl sites for hydroxylation is 1. The summed E-state index contributed by atoms with van der Waals surface area (Å²) in [5, 5.41) is 6.25. The fraction of sp³-hybridized carbons (Fsp3) is 0.588. The Labute approximate surface area is 132 Å². The first-order chi connectivity index (χ1) is 10.6. The summed E-state index contributed by atoms with van der Waals surface area (Å²) in [5.74, 6) is 0.963. The minimum Gasteiger partial charge on any atom is -0.496 e. The van der Waals surface area contributed by atoms with Crippen molar-refractivity contribution in [2.45, 2.75) is 25.2 Å². The molecule has 1 amide bonds. The van der Waals surface area contributed by atoms with Gasteiger partial charge in [-0.3, -0.25) is 4.79 Å². The molecule has 0 aliphatic heterocycles. The fourth-order valence-electron chi connectivity index (χ4n) is 2.62. The highest BCUT2D eigenvalue weighted by Gasteiger charge is 2.51. The summed E-state index contributed by atoms with van der Waals surface area (Å²) in [6.07, 6.45) is 1.81. The lowest BCUT2D eigenvalue weighted by Crippen LogP contribution is -2.39. The summed E-state index contributed by atoms with van der Waals surface area (Å²) >= 11 is 0. The normalized spacial score (nSPS) is 15.4. The van der Waals surface area contributed by atoms with Crippen LogP contribution in [-0.4, -0.2) is 46.4 Å². The van der Waals surface area contributed by atoms with Gasteiger partial charge in [-0.2, -0.15) is 0 Å². The standard InChI is InChI=1S/C17H26N2O3/c1-13-4-5-14(12-15(13)22-3)17(6-7-17)16(20)19-9-8-18-10-11-21-2/h4-5,12,18H,6-11H2,1-3H3,(H,19,20). The second kappa shape index (κ2) is 7.61. The molecule has 1 saturated carbocycles. The number of hydrogen-bond acceptors (Lipinski definition) is 4. The molecule has 0 radical (unpaired) electrons. The Hall–Kier alpha value is -1.59. The molecule has 0 spiro atoms. The van der Waals surface area contributed by atoms with Gasteiger partial charge >= 0.3 is 0 Å². The predicted octanol–water partition coefficient (Wildman–Crippen LogP) is 1.39. The van der Waals surface area contributed by atoms with Gasteiger partial charge in [0.15, 0.2) is 0 Å². The second-order valence-electron chi connectivity index (χ2n) is 5.77. The lowest BCUT2D eigenvalue weighted by Gasteiger charge is -2.17. The topological polar surface area (TPSA) is 59.6 Å². The molecular formula is C17H26N2O3. The molecule has 0 unspecified atom stereocenters. The lowest BCUT2D eigenvalue weighted by atomic mass is 9.93. The molecule has 0 saturated heterocycles. The number of carbonyl (C=O) groups excluding carboxylic acids is 1. The maximum absolute atomic E-state index is 12.5. The molecule has 122 valence electrons. The van der Waals surface area contributed by atoms with Gasteiger partial charge in [0.05, 0.1) is 19.1 Å². The number of nitrogens with one attached hydrogen (secondary N) is 2. The van der Waals surface area contributed by atoms with Gasteiger partial charge in [-0.1, -0.05) is 12.1 Å². The molecule has 1 aliphatic carbocycles. The van der Waals surface area contributed by atoms with Crippen LogP contribution in [0, 0.1) is 6.92 Å². The van der Waals surface area contributed by atoms with Gasteiger partial charge in [0, 0.05) is 26.7 Å². The predicted molar refractivity (Wildman–Crippen MR) is 86.4 cm³/mol. The Kier molecular flexibility index (Phi) is 5.80. The summed E-state index contributed by atoms with van der Waals surface area (Å²) in [6, 6.07) is 6.06. The minimum atomic E-state index is -0.354. The van der Waals surface area contributed by atoms with Gasteiger partial charge in [0.2, 0.25) is 5.91 Å². The van der Waals surface area contributed by atoms with Gasteiger partial charge in [-0.15, -0.1) is 0 Å². The van der Waals surface area contributed by atoms with Crippen molar-refractivity contribution in [2.75, 3.05) is 40.5 Å². The number of rotatable bonds is 9. The summed E-state index contributed by atoms with van der Waals surface area (Å²) < 4.78 is 10.3. The minimum absolute atomic E-state index is 0.118. The van der Waals surface area contributed by atoms with Crippen LogP contribution >= 0.6 is 0 Å². The van der Waals surface area contributed by atoms with E-state index in [1.807, 2.05) is 25.1 Å². The van der Waals surface area contributed by atoms with Crippen molar-refractivity contribution in [1.82, 2.24) is 10.6 Å². The van der Waals surface area contributed by atoms with Gasteiger partial charge in [0.1, 0.15) is 5.75 Å². The van der Waals surface area contributed by atoms with Gasteiger partial charge < -0.3 is 20.1 Å². The number of ether oxygens (including phenoxy) is 2. The van der Waals surface area contributed by atoms with Gasteiger partial charge in [-0.05, 0) is 37.0 Å². The maximum Gasteiger partial charge on any atom is 0.230 e. The second-order valence-corrected chi connectivity index (χ2v) is 5.77. The Morgan fingerprint density at radius 1 is 1.23 bits per heavy atom. The van der Waals surface area contributed by atoms with E-state index in [2.05, 4.69) is 10.6 Å². The third-order valence-corrected chi connectivity index (χ3v) is 4.22. The number of amides is 1. The summed E-state index contributed by atoms with van der Waals surface area (Å²) in [6.45, 7) is 4.87. The van der Waals surface area contributed by atoms with Crippen molar-refractivity contribution >= 4 is 5.91 Å². The molecular weight excluding hydrogens is 280 g/mol. The van der Waals surface area contributed by atoms with Crippen LogP contribution in [0.3, 0.4) is 0 Å². The van der Waals surface area contributed by atoms with Crippen LogP contribution in [0.4, 0.5) is 0 Å². The SMILES string of the molecule is COCCNCCNC(=O)C1(c2ccc(C)c(OC)c2)CC1. The fourth-order valence-corrected chi connectivity index (χ4v) is 2.62. The molecule has 0 atom stereocenters. The molecule has 0 bridgehead atoms. The molecule has 22 heavy (non-hydrogen) atoms. The van der Waals surface area contributed by atoms with Crippen molar-refractivity contribution in [3.8, 4) is 5.75 Å². The first-order valence-corrected chi connectivity index (χ1v) is 7.77. The summed E-state index contributed by atoms with van der Waals surface area (Å²) in [4.78, 5) is 12.5. The van der Waals surface area contributed by atoms with E-state index < -0.39 is 0 Å². The molecule has 1 aromatic rings. The molecule has 2 rings (SSSR count). The smallest absolute Gasteiger partial charge is 0.230 e. The largest absolute Gasteiger partial charge is 0.496 e. The van der Waals surface area contributed by atoms with Crippen LogP contribution in [0.1, 0.15) is 24.0 Å². The zero-order valence-corrected chi connectivity index (χ0v) is 13.7. The number of carbonyl (C=O) groups is 1. The van der Waals surface area contributed by atoms with E-state index >= 15 is 0 Å². The highest BCUT2D eigenvalue weighted by Crippen LogP contribution is 2.49. The van der Waals surface area contributed by atoms with Gasteiger partial charge in [-0.25, -0.2) is 0 Å². The van der Waals surface area contributed by atoms with Crippen molar-refractivity contribution in [1.29, 1.82) is 0 Å². The van der Waals surface area contributed by atoms with E-state index in [4.69, 9.17) is 9.47 Å². The van der Waals surface area contributed by atoms with Gasteiger partial charge in [0.25, 0.3) is 0 Å². The zero-order valence-electron chi connectivity index (χ0n) is 13.7. The number of hydrogen-bond donors (Lipinski definition) is 2. The van der Waals surface area contributed by atoms with E-state index in [0.29, 0.717) is 13.2 Å². The van der Waals surface area contributed by atoms with E-state index in [1.165, 1.54) is 0 Å². The molecule has 5 nitrogen and oxygen atoms in total. The van der Waals surface area contributed by atoms with Crippen LogP contribution in [0.2, 0.25) is 0 Å². The first-order valence-electron chi connectivity index (χ1n) is 7.77. The van der Waals surface area contributed by atoms with Crippen molar-refractivity contribution < 1.29 is 14.3 Å². The number of benzene rings is 1. The molecule has 1 fully saturated rings. The van der Waals surface area contributed by atoms with E-state index in [1.54, 1.807) is 14.2 Å². The van der Waals surface area contributed by atoms with Crippen LogP contribution in [-0.2, 0) is 14.9 Å². The van der Waals surface area contributed by atoms with Crippen LogP contribution in [0.5, 0.6) is 5.75 Å². The van der Waals surface area contributed by atoms with E-state index in [9.17, 15) is 4.79 Å². The first kappa shape index (κ1) is 16.8. The van der Waals surface area contributed by atoms with Crippen molar-refractivity contribution in [3.63, 3.8) is 0 Å². The summed E-state index contributed by atoms with van der Waals surface area (Å²) in [5.41, 5.74) is 1.79. The highest BCUT2D eigenvalue weighted by molar-refractivity contribution is 5.91. The molecule has 0 aromatic heterocycles. The molecule has 2 N–H and O–H groups in total. The van der Waals surface area contributed by atoms with E-state index in [0.717, 1.165) is 42.8 Å². The van der Waals surface area contributed by atoms with Crippen LogP contribution in [0.25, 0.3) is 0 Å². The van der Waals surface area contributed by atoms with E-state index in [-0.39, 0.29) is 11.3 Å². The lowest BCUT2D eigenvalue weighted by molar-refractivity contribution is -0.123. The Morgan fingerprint density at radius 2 is 2.00 bits per heavy atom. The van der Waals surface area contributed by atoms with Crippen molar-refractivity contribution in [2.24, 2.45) is 0 Å². The average molecular weight is 306 g/mol. The third kappa shape index (κ3) is 3.78. The monoisotopic (exact) mass is 306 g/mol. The summed E-state index contributed by atoms with van der Waals surface area (Å²) in [7, 11) is 3.34. The highest BCUT2D eigenvalue weighted by atomic mass is 16.5. The van der Waals surface area contributed by atoms with Crippen LogP contribution < -0.4 is 15.4 Å². The zero-order chi connectivity index (χ0) is 16.0. The molecule has 0 heterocycles. The molecule has 1 aromatic carbocycles. The third-order valence-electron chi connectivity index (χ3n) is 4.22. The molecule has 5 heteroatoms. The van der Waals surface area contributed by atoms with Crippen LogP contribution in [0.15, 0.2) is 18.2 Å².